The molecule has 1 atom stereocenters. The van der Waals surface area contributed by atoms with Crippen molar-refractivity contribution in [3.8, 4) is 0 Å². The van der Waals surface area contributed by atoms with Gasteiger partial charge in [-0.15, -0.1) is 0 Å². The summed E-state index contributed by atoms with van der Waals surface area (Å²) < 4.78 is 4.99. The number of benzene rings is 1. The fourth-order valence-electron chi connectivity index (χ4n) is 1.52. The van der Waals surface area contributed by atoms with Crippen LogP contribution >= 0.6 is 0 Å². The average molecular weight is 206 g/mol. The van der Waals surface area contributed by atoms with Crippen molar-refractivity contribution in [2.75, 3.05) is 13.1 Å². The summed E-state index contributed by atoms with van der Waals surface area (Å²) in [5, 5.41) is 5.86. The van der Waals surface area contributed by atoms with Crippen LogP contribution in [0.5, 0.6) is 0 Å². The summed E-state index contributed by atoms with van der Waals surface area (Å²) in [6.07, 6.45) is -0.359. The molecule has 4 nitrogen and oxygen atoms in total. The first-order valence-corrected chi connectivity index (χ1v) is 5.04. The van der Waals surface area contributed by atoms with Gasteiger partial charge in [0.2, 0.25) is 0 Å². The third-order valence-electron chi connectivity index (χ3n) is 2.29. The molecule has 1 aromatic carbocycles. The van der Waals surface area contributed by atoms with Gasteiger partial charge in [0.25, 0.3) is 0 Å². The molecule has 1 aromatic rings. The Morgan fingerprint density at radius 1 is 1.40 bits per heavy atom. The van der Waals surface area contributed by atoms with Crippen molar-refractivity contribution in [1.82, 2.24) is 10.6 Å². The topological polar surface area (TPSA) is 50.4 Å². The smallest absolute Gasteiger partial charge is 0.407 e. The van der Waals surface area contributed by atoms with E-state index in [0.29, 0.717) is 13.1 Å². The van der Waals surface area contributed by atoms with E-state index < -0.39 is 0 Å². The Labute approximate surface area is 88.6 Å². The first kappa shape index (κ1) is 9.98. The highest BCUT2D eigenvalue weighted by molar-refractivity contribution is 5.69. The van der Waals surface area contributed by atoms with Gasteiger partial charge in [0.05, 0.1) is 6.54 Å². The molecule has 0 bridgehead atoms. The number of carbonyl (C=O) groups excluding carboxylic acids is 1. The Balaban J connectivity index is 1.69. The van der Waals surface area contributed by atoms with Crippen LogP contribution in [0.2, 0.25) is 0 Å². The molecule has 0 spiro atoms. The molecule has 4 heteroatoms. The Hall–Kier alpha value is -1.55. The van der Waals surface area contributed by atoms with Gasteiger partial charge in [-0.1, -0.05) is 30.3 Å². The van der Waals surface area contributed by atoms with Crippen LogP contribution in [0.4, 0.5) is 4.79 Å². The SMILES string of the molecule is O=C1NCC(CNCc2ccccc2)O1. The second-order valence-electron chi connectivity index (χ2n) is 3.52. The van der Waals surface area contributed by atoms with E-state index >= 15 is 0 Å². The fourth-order valence-corrected chi connectivity index (χ4v) is 1.52. The predicted molar refractivity (Wildman–Crippen MR) is 56.4 cm³/mol. The molecule has 80 valence electrons. The number of carbonyl (C=O) groups is 1. The van der Waals surface area contributed by atoms with E-state index in [-0.39, 0.29) is 12.2 Å². The zero-order chi connectivity index (χ0) is 10.5. The maximum Gasteiger partial charge on any atom is 0.407 e. The van der Waals surface area contributed by atoms with Crippen LogP contribution in [0.1, 0.15) is 5.56 Å². The number of ether oxygens (including phenoxy) is 1. The van der Waals surface area contributed by atoms with Gasteiger partial charge in [0.1, 0.15) is 6.10 Å². The molecule has 0 aromatic heterocycles. The number of amides is 1. The molecular weight excluding hydrogens is 192 g/mol. The van der Waals surface area contributed by atoms with Crippen molar-refractivity contribution in [3.05, 3.63) is 35.9 Å². The van der Waals surface area contributed by atoms with Gasteiger partial charge in [0, 0.05) is 13.1 Å². The molecule has 2 rings (SSSR count). The molecular formula is C11H14N2O2. The lowest BCUT2D eigenvalue weighted by atomic mass is 10.2. The first-order valence-electron chi connectivity index (χ1n) is 5.04. The highest BCUT2D eigenvalue weighted by atomic mass is 16.6. The van der Waals surface area contributed by atoms with Crippen molar-refractivity contribution < 1.29 is 9.53 Å². The van der Waals surface area contributed by atoms with Gasteiger partial charge in [-0.25, -0.2) is 4.79 Å². The number of alkyl carbamates (subject to hydrolysis) is 1. The van der Waals surface area contributed by atoms with Gasteiger partial charge in [-0.2, -0.15) is 0 Å². The van der Waals surface area contributed by atoms with Gasteiger partial charge < -0.3 is 15.4 Å². The van der Waals surface area contributed by atoms with Gasteiger partial charge >= 0.3 is 6.09 Å². The summed E-state index contributed by atoms with van der Waals surface area (Å²) >= 11 is 0. The zero-order valence-corrected chi connectivity index (χ0v) is 8.40. The van der Waals surface area contributed by atoms with E-state index in [2.05, 4.69) is 22.8 Å². The number of rotatable bonds is 4. The molecule has 2 N–H and O–H groups in total. The van der Waals surface area contributed by atoms with Crippen LogP contribution in [0.25, 0.3) is 0 Å². The molecule has 1 heterocycles. The quantitative estimate of drug-likeness (QED) is 0.769. The van der Waals surface area contributed by atoms with E-state index in [1.807, 2.05) is 18.2 Å². The minimum atomic E-state index is -0.318. The minimum absolute atomic E-state index is 0.0405. The van der Waals surface area contributed by atoms with Crippen molar-refractivity contribution in [2.24, 2.45) is 0 Å². The second kappa shape index (κ2) is 4.79. The Bertz CT molecular complexity index is 327. The molecule has 1 saturated heterocycles. The van der Waals surface area contributed by atoms with E-state index in [0.717, 1.165) is 6.54 Å². The van der Waals surface area contributed by atoms with Crippen molar-refractivity contribution >= 4 is 6.09 Å². The Morgan fingerprint density at radius 2 is 2.20 bits per heavy atom. The molecule has 1 fully saturated rings. The predicted octanol–water partition coefficient (Wildman–Crippen LogP) is 0.885. The lowest BCUT2D eigenvalue weighted by Gasteiger charge is -2.08. The number of nitrogens with one attached hydrogen (secondary N) is 2. The first-order chi connectivity index (χ1) is 7.34. The maximum atomic E-state index is 10.7. The summed E-state index contributed by atoms with van der Waals surface area (Å²) in [4.78, 5) is 10.7. The standard InChI is InChI=1S/C11H14N2O2/c14-11-13-8-10(15-11)7-12-6-9-4-2-1-3-5-9/h1-5,10,12H,6-8H2,(H,13,14). The summed E-state index contributed by atoms with van der Waals surface area (Å²) in [6, 6.07) is 10.1. The van der Waals surface area contributed by atoms with Crippen molar-refractivity contribution in [3.63, 3.8) is 0 Å². The zero-order valence-electron chi connectivity index (χ0n) is 8.40. The molecule has 0 saturated carbocycles. The molecule has 1 aliphatic heterocycles. The van der Waals surface area contributed by atoms with Crippen LogP contribution in [0, 0.1) is 0 Å². The molecule has 1 aliphatic rings. The lowest BCUT2D eigenvalue weighted by molar-refractivity contribution is 0.139. The van der Waals surface area contributed by atoms with E-state index in [1.54, 1.807) is 0 Å². The highest BCUT2D eigenvalue weighted by Crippen LogP contribution is 2.00. The molecule has 0 radical (unpaired) electrons. The normalized spacial score (nSPS) is 19.7. The van der Waals surface area contributed by atoms with Crippen molar-refractivity contribution in [1.29, 1.82) is 0 Å². The van der Waals surface area contributed by atoms with Crippen molar-refractivity contribution in [2.45, 2.75) is 12.6 Å². The van der Waals surface area contributed by atoms with E-state index in [4.69, 9.17) is 4.74 Å². The van der Waals surface area contributed by atoms with Crippen LogP contribution in [-0.2, 0) is 11.3 Å². The highest BCUT2D eigenvalue weighted by Gasteiger charge is 2.21. The number of hydrogen-bond donors (Lipinski definition) is 2. The second-order valence-corrected chi connectivity index (χ2v) is 3.52. The number of hydrogen-bond acceptors (Lipinski definition) is 3. The van der Waals surface area contributed by atoms with Crippen LogP contribution in [0.15, 0.2) is 30.3 Å². The van der Waals surface area contributed by atoms with E-state index in [1.165, 1.54) is 5.56 Å². The third-order valence-corrected chi connectivity index (χ3v) is 2.29. The fraction of sp³-hybridized carbons (Fsp3) is 0.364. The van der Waals surface area contributed by atoms with Crippen LogP contribution in [-0.4, -0.2) is 25.3 Å². The summed E-state index contributed by atoms with van der Waals surface area (Å²) in [6.45, 7) is 2.09. The van der Waals surface area contributed by atoms with Crippen LogP contribution < -0.4 is 10.6 Å². The lowest BCUT2D eigenvalue weighted by Crippen LogP contribution is -2.29. The molecule has 1 amide bonds. The monoisotopic (exact) mass is 206 g/mol. The van der Waals surface area contributed by atoms with Gasteiger partial charge in [0.15, 0.2) is 0 Å². The molecule has 0 aliphatic carbocycles. The number of cyclic esters (lactones) is 1. The maximum absolute atomic E-state index is 10.7. The third kappa shape index (κ3) is 2.95. The minimum Gasteiger partial charge on any atom is -0.443 e. The van der Waals surface area contributed by atoms with Gasteiger partial charge in [-0.3, -0.25) is 0 Å². The summed E-state index contributed by atoms with van der Waals surface area (Å²) in [7, 11) is 0. The Kier molecular flexibility index (Phi) is 3.19. The summed E-state index contributed by atoms with van der Waals surface area (Å²) in [5.74, 6) is 0. The largest absolute Gasteiger partial charge is 0.443 e. The van der Waals surface area contributed by atoms with E-state index in [9.17, 15) is 4.79 Å². The molecule has 15 heavy (non-hydrogen) atoms. The Morgan fingerprint density at radius 3 is 2.87 bits per heavy atom. The summed E-state index contributed by atoms with van der Waals surface area (Å²) in [5.41, 5.74) is 1.23. The average Bonchev–Trinajstić information content (AvgIpc) is 2.66. The van der Waals surface area contributed by atoms with Gasteiger partial charge in [-0.05, 0) is 5.56 Å². The molecule has 1 unspecified atom stereocenters. The van der Waals surface area contributed by atoms with Crippen LogP contribution in [0.3, 0.4) is 0 Å².